The quantitative estimate of drug-likeness (QED) is 0.660. The average Bonchev–Trinajstić information content (AvgIpc) is 2.80. The summed E-state index contributed by atoms with van der Waals surface area (Å²) in [5.74, 6) is 1.57. The van der Waals surface area contributed by atoms with E-state index in [0.717, 1.165) is 12.1 Å². The van der Waals surface area contributed by atoms with Crippen molar-refractivity contribution in [1.82, 2.24) is 4.98 Å². The van der Waals surface area contributed by atoms with E-state index < -0.39 is 0 Å². The number of hydrogen-bond donors (Lipinski definition) is 1. The van der Waals surface area contributed by atoms with Gasteiger partial charge in [-0.3, -0.25) is 10.1 Å². The fraction of sp³-hybridized carbons (Fsp3) is 0.545. The number of aromatic nitrogens is 1. The number of rotatable bonds is 4. The molecule has 0 radical (unpaired) electrons. The number of nitro groups is 1. The van der Waals surface area contributed by atoms with Gasteiger partial charge in [0, 0.05) is 24.1 Å². The van der Waals surface area contributed by atoms with Crippen LogP contribution in [-0.2, 0) is 0 Å². The second kappa shape index (κ2) is 5.35. The van der Waals surface area contributed by atoms with Crippen molar-refractivity contribution in [1.29, 1.82) is 0 Å². The van der Waals surface area contributed by atoms with Gasteiger partial charge in [0.15, 0.2) is 0 Å². The summed E-state index contributed by atoms with van der Waals surface area (Å²) in [6, 6.07) is 1.55. The second-order valence-electron chi connectivity index (χ2n) is 4.15. The third kappa shape index (κ3) is 3.09. The van der Waals surface area contributed by atoms with Crippen LogP contribution in [0.15, 0.2) is 12.3 Å². The summed E-state index contributed by atoms with van der Waals surface area (Å²) < 4.78 is 0. The van der Waals surface area contributed by atoms with Crippen molar-refractivity contribution in [3.8, 4) is 0 Å². The molecule has 0 aliphatic carbocycles. The summed E-state index contributed by atoms with van der Waals surface area (Å²) in [6.45, 7) is 2.55. The molecule has 2 rings (SSSR count). The Hall–Kier alpha value is -1.30. The predicted octanol–water partition coefficient (Wildman–Crippen LogP) is 2.61. The SMILES string of the molecule is Cc1cnc(NCC2CCCS2)c([N+](=O)[O-])c1. The Morgan fingerprint density at radius 2 is 2.53 bits per heavy atom. The predicted molar refractivity (Wildman–Crippen MR) is 69.6 cm³/mol. The molecule has 1 saturated heterocycles. The van der Waals surface area contributed by atoms with Gasteiger partial charge in [0.1, 0.15) is 0 Å². The third-order valence-electron chi connectivity index (χ3n) is 2.72. The highest BCUT2D eigenvalue weighted by Gasteiger charge is 2.19. The van der Waals surface area contributed by atoms with E-state index in [1.54, 1.807) is 19.2 Å². The third-order valence-corrected chi connectivity index (χ3v) is 4.12. The Bertz CT molecular complexity index is 419. The summed E-state index contributed by atoms with van der Waals surface area (Å²) in [7, 11) is 0. The highest BCUT2D eigenvalue weighted by Crippen LogP contribution is 2.28. The maximum absolute atomic E-state index is 10.9. The summed E-state index contributed by atoms with van der Waals surface area (Å²) in [4.78, 5) is 14.6. The molecule has 0 aromatic carbocycles. The highest BCUT2D eigenvalue weighted by molar-refractivity contribution is 8.00. The molecular formula is C11H15N3O2S. The van der Waals surface area contributed by atoms with Crippen LogP contribution in [0.2, 0.25) is 0 Å². The molecule has 6 heteroatoms. The average molecular weight is 253 g/mol. The summed E-state index contributed by atoms with van der Waals surface area (Å²) in [5.41, 5.74) is 0.866. The largest absolute Gasteiger partial charge is 0.363 e. The first-order valence-electron chi connectivity index (χ1n) is 5.63. The molecule has 1 aliphatic rings. The molecule has 2 heterocycles. The van der Waals surface area contributed by atoms with Gasteiger partial charge in [0.05, 0.1) is 4.92 Å². The van der Waals surface area contributed by atoms with Crippen LogP contribution in [0.5, 0.6) is 0 Å². The molecule has 1 unspecified atom stereocenters. The van der Waals surface area contributed by atoms with E-state index in [9.17, 15) is 10.1 Å². The number of nitrogens with zero attached hydrogens (tertiary/aromatic N) is 2. The van der Waals surface area contributed by atoms with Crippen LogP contribution in [0.25, 0.3) is 0 Å². The lowest BCUT2D eigenvalue weighted by molar-refractivity contribution is -0.384. The van der Waals surface area contributed by atoms with E-state index in [-0.39, 0.29) is 10.6 Å². The molecule has 0 bridgehead atoms. The lowest BCUT2D eigenvalue weighted by Gasteiger charge is -2.10. The second-order valence-corrected chi connectivity index (χ2v) is 5.56. The lowest BCUT2D eigenvalue weighted by atomic mass is 10.2. The van der Waals surface area contributed by atoms with Gasteiger partial charge in [-0.2, -0.15) is 11.8 Å². The monoisotopic (exact) mass is 253 g/mol. The lowest BCUT2D eigenvalue weighted by Crippen LogP contribution is -2.15. The maximum Gasteiger partial charge on any atom is 0.311 e. The zero-order chi connectivity index (χ0) is 12.3. The zero-order valence-corrected chi connectivity index (χ0v) is 10.5. The van der Waals surface area contributed by atoms with Crippen LogP contribution in [0.4, 0.5) is 11.5 Å². The van der Waals surface area contributed by atoms with Gasteiger partial charge >= 0.3 is 5.69 Å². The minimum atomic E-state index is -0.385. The van der Waals surface area contributed by atoms with Crippen molar-refractivity contribution >= 4 is 23.3 Å². The summed E-state index contributed by atoms with van der Waals surface area (Å²) in [6.07, 6.45) is 4.06. The molecule has 1 N–H and O–H groups in total. The molecule has 1 aliphatic heterocycles. The minimum Gasteiger partial charge on any atom is -0.363 e. The molecule has 92 valence electrons. The molecule has 17 heavy (non-hydrogen) atoms. The smallest absolute Gasteiger partial charge is 0.311 e. The number of pyridine rings is 1. The Balaban J connectivity index is 2.06. The number of anilines is 1. The molecule has 0 saturated carbocycles. The fourth-order valence-corrected chi connectivity index (χ4v) is 3.05. The normalized spacial score (nSPS) is 19.2. The van der Waals surface area contributed by atoms with Crippen molar-refractivity contribution in [3.63, 3.8) is 0 Å². The number of aryl methyl sites for hydroxylation is 1. The molecule has 1 atom stereocenters. The molecule has 1 aromatic heterocycles. The molecule has 0 amide bonds. The van der Waals surface area contributed by atoms with Gasteiger partial charge < -0.3 is 5.32 Å². The number of hydrogen-bond acceptors (Lipinski definition) is 5. The van der Waals surface area contributed by atoms with Gasteiger partial charge in [-0.05, 0) is 31.1 Å². The van der Waals surface area contributed by atoms with Crippen molar-refractivity contribution in [2.24, 2.45) is 0 Å². The van der Waals surface area contributed by atoms with E-state index in [1.165, 1.54) is 18.6 Å². The molecular weight excluding hydrogens is 238 g/mol. The number of nitrogens with one attached hydrogen (secondary N) is 1. The van der Waals surface area contributed by atoms with Crippen molar-refractivity contribution in [3.05, 3.63) is 27.9 Å². The highest BCUT2D eigenvalue weighted by atomic mass is 32.2. The van der Waals surface area contributed by atoms with Crippen molar-refractivity contribution in [2.75, 3.05) is 17.6 Å². The minimum absolute atomic E-state index is 0.0630. The summed E-state index contributed by atoms with van der Waals surface area (Å²) in [5, 5.41) is 14.5. The van der Waals surface area contributed by atoms with E-state index >= 15 is 0 Å². The topological polar surface area (TPSA) is 68.1 Å². The molecule has 0 spiro atoms. The first-order chi connectivity index (χ1) is 8.16. The van der Waals surface area contributed by atoms with Crippen LogP contribution in [0, 0.1) is 17.0 Å². The Kier molecular flexibility index (Phi) is 3.83. The van der Waals surface area contributed by atoms with Gasteiger partial charge in [0.25, 0.3) is 0 Å². The van der Waals surface area contributed by atoms with E-state index in [1.807, 2.05) is 11.8 Å². The van der Waals surface area contributed by atoms with Gasteiger partial charge in [-0.15, -0.1) is 0 Å². The first kappa shape index (κ1) is 12.2. The van der Waals surface area contributed by atoms with Crippen LogP contribution >= 0.6 is 11.8 Å². The van der Waals surface area contributed by atoms with Crippen LogP contribution in [0.3, 0.4) is 0 Å². The van der Waals surface area contributed by atoms with Gasteiger partial charge in [-0.25, -0.2) is 4.98 Å². The first-order valence-corrected chi connectivity index (χ1v) is 6.68. The fourth-order valence-electron chi connectivity index (χ4n) is 1.84. The Morgan fingerprint density at radius 1 is 1.71 bits per heavy atom. The standard InChI is InChI=1S/C11H15N3O2S/c1-8-5-10(14(15)16)11(12-6-8)13-7-9-3-2-4-17-9/h5-6,9H,2-4,7H2,1H3,(H,12,13). The van der Waals surface area contributed by atoms with Crippen LogP contribution in [-0.4, -0.2) is 27.5 Å². The Morgan fingerprint density at radius 3 is 3.18 bits per heavy atom. The molecule has 1 aromatic rings. The molecule has 5 nitrogen and oxygen atoms in total. The van der Waals surface area contributed by atoms with E-state index in [4.69, 9.17) is 0 Å². The van der Waals surface area contributed by atoms with Crippen LogP contribution in [0.1, 0.15) is 18.4 Å². The van der Waals surface area contributed by atoms with E-state index in [2.05, 4.69) is 10.3 Å². The van der Waals surface area contributed by atoms with Crippen LogP contribution < -0.4 is 5.32 Å². The molecule has 1 fully saturated rings. The van der Waals surface area contributed by atoms with E-state index in [0.29, 0.717) is 11.1 Å². The van der Waals surface area contributed by atoms with Crippen molar-refractivity contribution < 1.29 is 4.92 Å². The maximum atomic E-state index is 10.9. The summed E-state index contributed by atoms with van der Waals surface area (Å²) >= 11 is 1.92. The zero-order valence-electron chi connectivity index (χ0n) is 9.68. The number of thioether (sulfide) groups is 1. The van der Waals surface area contributed by atoms with Crippen molar-refractivity contribution in [2.45, 2.75) is 25.0 Å². The Labute approximate surface area is 104 Å². The van der Waals surface area contributed by atoms with Gasteiger partial charge in [-0.1, -0.05) is 0 Å². The van der Waals surface area contributed by atoms with Gasteiger partial charge in [0.2, 0.25) is 5.82 Å².